The lowest BCUT2D eigenvalue weighted by molar-refractivity contribution is -0.120. The summed E-state index contributed by atoms with van der Waals surface area (Å²) in [6.07, 6.45) is 0. The average Bonchev–Trinajstić information content (AvgIpc) is 3.07. The Morgan fingerprint density at radius 2 is 1.88 bits per heavy atom. The Hall–Kier alpha value is -3.53. The summed E-state index contributed by atoms with van der Waals surface area (Å²) in [6, 6.07) is 13.5. The van der Waals surface area contributed by atoms with Crippen molar-refractivity contribution in [1.29, 1.82) is 5.26 Å². The molecule has 0 bridgehead atoms. The fourth-order valence-electron chi connectivity index (χ4n) is 2.42. The van der Waals surface area contributed by atoms with Crippen LogP contribution in [0.5, 0.6) is 11.5 Å². The van der Waals surface area contributed by atoms with Gasteiger partial charge in [-0.3, -0.25) is 9.59 Å². The third-order valence-corrected chi connectivity index (χ3v) is 3.65. The molecule has 0 radical (unpaired) electrons. The molecule has 0 atom stereocenters. The number of amides is 2. The third kappa shape index (κ3) is 3.70. The van der Waals surface area contributed by atoms with Crippen molar-refractivity contribution in [2.45, 2.75) is 6.92 Å². The second-order valence-electron chi connectivity index (χ2n) is 5.38. The first-order valence-corrected chi connectivity index (χ1v) is 7.54. The number of anilines is 2. The minimum Gasteiger partial charge on any atom is -0.454 e. The van der Waals surface area contributed by atoms with Crippen LogP contribution in [0.1, 0.15) is 12.5 Å². The van der Waals surface area contributed by atoms with Crippen LogP contribution in [-0.4, -0.2) is 25.2 Å². The largest absolute Gasteiger partial charge is 0.454 e. The number of fused-ring (bicyclic) bond motifs is 1. The fraction of sp³-hybridized carbons (Fsp3) is 0.167. The number of benzene rings is 2. The maximum Gasteiger partial charge on any atom is 0.244 e. The van der Waals surface area contributed by atoms with E-state index in [1.165, 1.54) is 11.8 Å². The van der Waals surface area contributed by atoms with Crippen LogP contribution in [-0.2, 0) is 9.59 Å². The van der Waals surface area contributed by atoms with Gasteiger partial charge in [0.05, 0.1) is 11.6 Å². The molecule has 3 rings (SSSR count). The molecule has 0 saturated carbocycles. The van der Waals surface area contributed by atoms with E-state index in [0.29, 0.717) is 28.4 Å². The molecule has 1 aliphatic rings. The molecule has 0 saturated heterocycles. The van der Waals surface area contributed by atoms with Crippen molar-refractivity contribution in [2.24, 2.45) is 0 Å². The zero-order valence-electron chi connectivity index (χ0n) is 13.5. The number of nitrogens with zero attached hydrogens (tertiary/aromatic N) is 2. The van der Waals surface area contributed by atoms with E-state index in [1.54, 1.807) is 42.5 Å². The van der Waals surface area contributed by atoms with Gasteiger partial charge in [-0.25, -0.2) is 0 Å². The van der Waals surface area contributed by atoms with E-state index in [4.69, 9.17) is 14.7 Å². The molecule has 7 nitrogen and oxygen atoms in total. The highest BCUT2D eigenvalue weighted by atomic mass is 16.7. The normalized spacial score (nSPS) is 11.5. The summed E-state index contributed by atoms with van der Waals surface area (Å²) in [5, 5.41) is 11.6. The lowest BCUT2D eigenvalue weighted by Gasteiger charge is -2.20. The predicted octanol–water partition coefficient (Wildman–Crippen LogP) is 2.28. The van der Waals surface area contributed by atoms with Crippen molar-refractivity contribution < 1.29 is 19.1 Å². The van der Waals surface area contributed by atoms with Gasteiger partial charge in [-0.2, -0.15) is 5.26 Å². The van der Waals surface area contributed by atoms with Crippen molar-refractivity contribution in [2.75, 3.05) is 23.6 Å². The third-order valence-electron chi connectivity index (χ3n) is 3.65. The number of nitrogens with one attached hydrogen (secondary N) is 1. The number of carbonyl (C=O) groups excluding carboxylic acids is 2. The molecular weight excluding hydrogens is 322 g/mol. The minimum atomic E-state index is -0.349. The SMILES string of the molecule is CC(=O)N(CC(=O)Nc1ccc2c(c1)OCO2)c1ccc(C#N)cc1. The highest BCUT2D eigenvalue weighted by Crippen LogP contribution is 2.34. The van der Waals surface area contributed by atoms with Crippen LogP contribution in [0.25, 0.3) is 0 Å². The molecule has 2 aromatic carbocycles. The topological polar surface area (TPSA) is 91.7 Å². The molecule has 126 valence electrons. The van der Waals surface area contributed by atoms with Gasteiger partial charge < -0.3 is 19.7 Å². The molecule has 0 aromatic heterocycles. The second-order valence-corrected chi connectivity index (χ2v) is 5.38. The molecule has 1 N–H and O–H groups in total. The van der Waals surface area contributed by atoms with Gasteiger partial charge >= 0.3 is 0 Å². The van der Waals surface area contributed by atoms with E-state index in [1.807, 2.05) is 6.07 Å². The Balaban J connectivity index is 1.70. The summed E-state index contributed by atoms with van der Waals surface area (Å²) in [4.78, 5) is 25.5. The van der Waals surface area contributed by atoms with E-state index in [2.05, 4.69) is 5.32 Å². The molecule has 2 aromatic rings. The van der Waals surface area contributed by atoms with Gasteiger partial charge in [0.15, 0.2) is 11.5 Å². The number of rotatable bonds is 4. The van der Waals surface area contributed by atoms with Gasteiger partial charge in [0, 0.05) is 24.4 Å². The van der Waals surface area contributed by atoms with Gasteiger partial charge in [0.2, 0.25) is 18.6 Å². The van der Waals surface area contributed by atoms with E-state index in [9.17, 15) is 9.59 Å². The van der Waals surface area contributed by atoms with Crippen LogP contribution in [0.2, 0.25) is 0 Å². The average molecular weight is 337 g/mol. The summed E-state index contributed by atoms with van der Waals surface area (Å²) in [6.45, 7) is 1.39. The maximum absolute atomic E-state index is 12.3. The summed E-state index contributed by atoms with van der Waals surface area (Å²) in [5.41, 5.74) is 1.59. The molecule has 25 heavy (non-hydrogen) atoms. The number of hydrogen-bond acceptors (Lipinski definition) is 5. The molecule has 7 heteroatoms. The van der Waals surface area contributed by atoms with Crippen LogP contribution in [0.4, 0.5) is 11.4 Å². The van der Waals surface area contributed by atoms with E-state index in [0.717, 1.165) is 0 Å². The minimum absolute atomic E-state index is 0.143. The number of hydrogen-bond donors (Lipinski definition) is 1. The van der Waals surface area contributed by atoms with E-state index in [-0.39, 0.29) is 25.2 Å². The van der Waals surface area contributed by atoms with Gasteiger partial charge in [-0.15, -0.1) is 0 Å². The number of carbonyl (C=O) groups is 2. The van der Waals surface area contributed by atoms with Crippen LogP contribution >= 0.6 is 0 Å². The molecule has 2 amide bonds. The highest BCUT2D eigenvalue weighted by molar-refractivity contribution is 6.01. The van der Waals surface area contributed by atoms with Gasteiger partial charge in [-0.1, -0.05) is 0 Å². The smallest absolute Gasteiger partial charge is 0.244 e. The Morgan fingerprint density at radius 3 is 2.56 bits per heavy atom. The zero-order chi connectivity index (χ0) is 17.8. The zero-order valence-corrected chi connectivity index (χ0v) is 13.5. The fourth-order valence-corrected chi connectivity index (χ4v) is 2.42. The summed E-state index contributed by atoms with van der Waals surface area (Å²) in [5.74, 6) is 0.568. The lowest BCUT2D eigenvalue weighted by Crippen LogP contribution is -2.36. The van der Waals surface area contributed by atoms with Gasteiger partial charge in [-0.05, 0) is 36.4 Å². The van der Waals surface area contributed by atoms with Crippen molar-refractivity contribution in [3.8, 4) is 17.6 Å². The molecule has 1 heterocycles. The first-order valence-electron chi connectivity index (χ1n) is 7.54. The van der Waals surface area contributed by atoms with Gasteiger partial charge in [0.1, 0.15) is 6.54 Å². The molecular formula is C18H15N3O4. The molecule has 0 aliphatic carbocycles. The monoisotopic (exact) mass is 337 g/mol. The van der Waals surface area contributed by atoms with Crippen molar-refractivity contribution in [1.82, 2.24) is 0 Å². The number of nitriles is 1. The molecule has 1 aliphatic heterocycles. The summed E-state index contributed by atoms with van der Waals surface area (Å²) >= 11 is 0. The lowest BCUT2D eigenvalue weighted by atomic mass is 10.2. The van der Waals surface area contributed by atoms with E-state index >= 15 is 0 Å². The van der Waals surface area contributed by atoms with Crippen molar-refractivity contribution in [3.05, 3.63) is 48.0 Å². The molecule has 0 spiro atoms. The van der Waals surface area contributed by atoms with Crippen molar-refractivity contribution >= 4 is 23.2 Å². The van der Waals surface area contributed by atoms with Crippen molar-refractivity contribution in [3.63, 3.8) is 0 Å². The Labute approximate surface area is 144 Å². The number of ether oxygens (including phenoxy) is 2. The Bertz CT molecular complexity index is 856. The molecule has 0 unspecified atom stereocenters. The highest BCUT2D eigenvalue weighted by Gasteiger charge is 2.18. The van der Waals surface area contributed by atoms with Crippen LogP contribution < -0.4 is 19.7 Å². The van der Waals surface area contributed by atoms with E-state index < -0.39 is 0 Å². The summed E-state index contributed by atoms with van der Waals surface area (Å²) < 4.78 is 10.5. The van der Waals surface area contributed by atoms with Crippen LogP contribution in [0.3, 0.4) is 0 Å². The first kappa shape index (κ1) is 16.3. The second kappa shape index (κ2) is 6.93. The van der Waals surface area contributed by atoms with Gasteiger partial charge in [0.25, 0.3) is 0 Å². The quantitative estimate of drug-likeness (QED) is 0.924. The maximum atomic E-state index is 12.3. The van der Waals surface area contributed by atoms with Crippen LogP contribution in [0.15, 0.2) is 42.5 Å². The first-order chi connectivity index (χ1) is 12.1. The summed E-state index contributed by atoms with van der Waals surface area (Å²) in [7, 11) is 0. The Kier molecular flexibility index (Phi) is 4.53. The van der Waals surface area contributed by atoms with Crippen LogP contribution in [0, 0.1) is 11.3 Å². The standard InChI is InChI=1S/C18H15N3O4/c1-12(22)21(15-5-2-13(9-19)3-6-15)10-18(23)20-14-4-7-16-17(8-14)25-11-24-16/h2-8H,10-11H2,1H3,(H,20,23). The predicted molar refractivity (Wildman–Crippen MR) is 90.4 cm³/mol. The Morgan fingerprint density at radius 1 is 1.16 bits per heavy atom. The molecule has 0 fully saturated rings.